The Bertz CT molecular complexity index is 1300. The van der Waals surface area contributed by atoms with E-state index in [2.05, 4.69) is 0 Å². The summed E-state index contributed by atoms with van der Waals surface area (Å²) in [5.41, 5.74) is -6.76. The molecule has 2 N–H and O–H groups in total. The van der Waals surface area contributed by atoms with E-state index in [4.69, 9.17) is 16.4 Å². The molecule has 6 rings (SSSR count). The van der Waals surface area contributed by atoms with E-state index >= 15 is 8.78 Å². The maximum Gasteiger partial charge on any atom is 0.193 e. The maximum absolute atomic E-state index is 17.6. The first-order chi connectivity index (χ1) is 17.8. The van der Waals surface area contributed by atoms with Crippen LogP contribution in [0.15, 0.2) is 48.1 Å². The number of fused-ring (bicyclic) bond motifs is 7. The van der Waals surface area contributed by atoms with Crippen molar-refractivity contribution in [3.63, 3.8) is 0 Å². The van der Waals surface area contributed by atoms with Crippen molar-refractivity contribution in [1.29, 1.82) is 0 Å². The lowest BCUT2D eigenvalue weighted by atomic mass is 9.39. The number of allylic oxidation sites excluding steroid dienone is 4. The highest BCUT2D eigenvalue weighted by molar-refractivity contribution is 6.30. The molecule has 1 aromatic carbocycles. The smallest absolute Gasteiger partial charge is 0.193 e. The quantitative estimate of drug-likeness (QED) is 0.586. The van der Waals surface area contributed by atoms with Gasteiger partial charge in [-0.25, -0.2) is 8.78 Å². The highest BCUT2D eigenvalue weighted by Crippen LogP contribution is 2.77. The summed E-state index contributed by atoms with van der Waals surface area (Å²) in [6.07, 6.45) is 0.630. The van der Waals surface area contributed by atoms with Gasteiger partial charge in [-0.05, 0) is 67.5 Å². The average Bonchev–Trinajstić information content (AvgIpc) is 3.33. The Labute approximate surface area is 225 Å². The van der Waals surface area contributed by atoms with Gasteiger partial charge in [0.25, 0.3) is 0 Å². The number of carbonyl (C=O) groups excluding carboxylic acids is 2. The number of alkyl halides is 2. The molecule has 0 aromatic heterocycles. The number of ketones is 2. The molecule has 0 bridgehead atoms. The van der Waals surface area contributed by atoms with Crippen molar-refractivity contribution in [2.75, 3.05) is 18.2 Å². The maximum atomic E-state index is 17.6. The lowest BCUT2D eigenvalue weighted by Crippen LogP contribution is -2.73. The van der Waals surface area contributed by atoms with Gasteiger partial charge in [0, 0.05) is 27.7 Å². The Balaban J connectivity index is 1.49. The van der Waals surface area contributed by atoms with Crippen LogP contribution in [0.3, 0.4) is 0 Å². The minimum atomic E-state index is -2.28. The minimum Gasteiger partial charge on any atom is -0.390 e. The molecule has 3 saturated carbocycles. The fourth-order valence-corrected chi connectivity index (χ4v) is 9.29. The number of nitrogens with zero attached hydrogens (tertiary/aromatic N) is 1. The van der Waals surface area contributed by atoms with Crippen molar-refractivity contribution < 1.29 is 33.4 Å². The largest absolute Gasteiger partial charge is 0.390 e. The molecule has 4 fully saturated rings. The first kappa shape index (κ1) is 26.1. The Hall–Kier alpha value is -2.13. The number of aliphatic hydroxyl groups is 2. The van der Waals surface area contributed by atoms with E-state index in [1.54, 1.807) is 36.3 Å². The Morgan fingerprint density at radius 2 is 2.00 bits per heavy atom. The third kappa shape index (κ3) is 2.82. The van der Waals surface area contributed by atoms with Crippen LogP contribution in [0.2, 0.25) is 5.02 Å². The number of anilines is 1. The molecule has 9 atom stereocenters. The van der Waals surface area contributed by atoms with Crippen molar-refractivity contribution in [2.45, 2.75) is 63.6 Å². The van der Waals surface area contributed by atoms with Crippen molar-refractivity contribution in [1.82, 2.24) is 0 Å². The molecule has 5 aliphatic rings. The molecule has 1 aromatic rings. The van der Waals surface area contributed by atoms with Crippen LogP contribution >= 0.6 is 11.6 Å². The minimum absolute atomic E-state index is 0.0534. The summed E-state index contributed by atoms with van der Waals surface area (Å²) in [5.74, 6) is -2.37. The lowest BCUT2D eigenvalue weighted by molar-refractivity contribution is -0.256. The Morgan fingerprint density at radius 3 is 2.68 bits per heavy atom. The normalized spacial score (nSPS) is 47.2. The van der Waals surface area contributed by atoms with Crippen molar-refractivity contribution in [3.8, 4) is 0 Å². The number of carbonyl (C=O) groups is 2. The van der Waals surface area contributed by atoms with Gasteiger partial charge in [-0.1, -0.05) is 37.6 Å². The molecular formula is C29H32ClF2NO5. The van der Waals surface area contributed by atoms with Crippen molar-refractivity contribution in [3.05, 3.63) is 53.1 Å². The molecule has 6 nitrogen and oxygen atoms in total. The fourth-order valence-electron chi connectivity index (χ4n) is 9.11. The van der Waals surface area contributed by atoms with Crippen LogP contribution in [0.4, 0.5) is 14.5 Å². The van der Waals surface area contributed by atoms with Crippen LogP contribution in [0.5, 0.6) is 0 Å². The summed E-state index contributed by atoms with van der Waals surface area (Å²) in [4.78, 5) is 32.3. The summed E-state index contributed by atoms with van der Waals surface area (Å²) in [7, 11) is 0. The van der Waals surface area contributed by atoms with Gasteiger partial charge in [0.15, 0.2) is 22.8 Å². The second-order valence-electron chi connectivity index (χ2n) is 12.4. The molecule has 0 spiro atoms. The van der Waals surface area contributed by atoms with Gasteiger partial charge in [0.2, 0.25) is 0 Å². The molecule has 204 valence electrons. The predicted molar refractivity (Wildman–Crippen MR) is 137 cm³/mol. The van der Waals surface area contributed by atoms with E-state index in [0.29, 0.717) is 17.1 Å². The van der Waals surface area contributed by atoms with Gasteiger partial charge in [-0.15, -0.1) is 0 Å². The second-order valence-corrected chi connectivity index (χ2v) is 12.8. The molecule has 1 heterocycles. The zero-order valence-corrected chi connectivity index (χ0v) is 22.3. The van der Waals surface area contributed by atoms with Gasteiger partial charge in [0.05, 0.1) is 18.3 Å². The first-order valence-corrected chi connectivity index (χ1v) is 13.5. The van der Waals surface area contributed by atoms with Crippen LogP contribution in [-0.2, 0) is 14.4 Å². The van der Waals surface area contributed by atoms with E-state index < -0.39 is 69.8 Å². The van der Waals surface area contributed by atoms with E-state index in [-0.39, 0.29) is 25.0 Å². The molecule has 1 saturated heterocycles. The van der Waals surface area contributed by atoms with Crippen LogP contribution < -0.4 is 5.06 Å². The molecule has 0 unspecified atom stereocenters. The summed E-state index contributed by atoms with van der Waals surface area (Å²) in [5, 5.41) is 23.9. The van der Waals surface area contributed by atoms with Crippen LogP contribution in [0, 0.1) is 28.1 Å². The third-order valence-corrected chi connectivity index (χ3v) is 11.3. The molecule has 4 aliphatic carbocycles. The van der Waals surface area contributed by atoms with Gasteiger partial charge >= 0.3 is 0 Å². The highest BCUT2D eigenvalue weighted by Gasteiger charge is 2.83. The number of rotatable bonds is 3. The van der Waals surface area contributed by atoms with E-state index in [9.17, 15) is 19.8 Å². The van der Waals surface area contributed by atoms with Gasteiger partial charge in [-0.2, -0.15) is 0 Å². The molecule has 38 heavy (non-hydrogen) atoms. The van der Waals surface area contributed by atoms with Crippen LogP contribution in [0.25, 0.3) is 0 Å². The zero-order chi connectivity index (χ0) is 27.5. The Morgan fingerprint density at radius 1 is 1.26 bits per heavy atom. The average molecular weight is 548 g/mol. The lowest BCUT2D eigenvalue weighted by Gasteiger charge is -2.67. The third-order valence-electron chi connectivity index (χ3n) is 11.0. The summed E-state index contributed by atoms with van der Waals surface area (Å²) in [6.45, 7) is 4.74. The van der Waals surface area contributed by atoms with Crippen LogP contribution in [0.1, 0.15) is 40.0 Å². The molecule has 1 aliphatic heterocycles. The topological polar surface area (TPSA) is 87.1 Å². The SMILES string of the molecule is C[C@]12C[C@H](O)[C@@]3(F)[C@@H](C[C@H](F)C4=CC(=O)C=C[C@@]43C)[C@]1(C)C[C@H]1CN(c3cccc(Cl)c3)O[C@]12C(=O)CO. The Kier molecular flexibility index (Phi) is 5.47. The standard InChI is InChI=1S/C29H32ClF2NO5/c1-25-8-7-19(35)10-20(25)21(31)11-22-26(2)12-16-14-33(18-6-4-5-17(30)9-18)38-29(16,24(37)15-34)27(26,3)13-23(36)28(22,25)32/h4-10,16,21-23,34,36H,11-15H2,1-3H3/t16-,21-,22-,23-,25-,26-,27-,28-,29-/m0/s1. The van der Waals surface area contributed by atoms with E-state index in [1.165, 1.54) is 12.2 Å². The monoisotopic (exact) mass is 547 g/mol. The molecule has 9 heteroatoms. The van der Waals surface area contributed by atoms with Crippen LogP contribution in [-0.4, -0.2) is 58.5 Å². The number of halogens is 3. The number of hydrogen-bond donors (Lipinski definition) is 2. The summed E-state index contributed by atoms with van der Waals surface area (Å²) < 4.78 is 33.5. The summed E-state index contributed by atoms with van der Waals surface area (Å²) in [6, 6.07) is 7.00. The predicted octanol–water partition coefficient (Wildman–Crippen LogP) is 4.33. The highest BCUT2D eigenvalue weighted by atomic mass is 35.5. The number of hydroxylamine groups is 1. The van der Waals surface area contributed by atoms with Gasteiger partial charge < -0.3 is 10.2 Å². The fraction of sp³-hybridized carbons (Fsp3) is 0.586. The number of Topliss-reactive ketones (excluding diaryl/α,β-unsaturated/α-hetero) is 1. The first-order valence-electron chi connectivity index (χ1n) is 13.1. The zero-order valence-electron chi connectivity index (χ0n) is 21.6. The molecule has 0 amide bonds. The molecule has 0 radical (unpaired) electrons. The number of aliphatic hydroxyl groups excluding tert-OH is 2. The summed E-state index contributed by atoms with van der Waals surface area (Å²) >= 11 is 6.20. The van der Waals surface area contributed by atoms with E-state index in [1.807, 2.05) is 13.8 Å². The van der Waals surface area contributed by atoms with Crippen molar-refractivity contribution in [2.24, 2.45) is 28.1 Å². The van der Waals surface area contributed by atoms with Crippen molar-refractivity contribution >= 4 is 28.9 Å². The molecular weight excluding hydrogens is 516 g/mol. The number of benzene rings is 1. The second kappa shape index (κ2) is 7.96. The van der Waals surface area contributed by atoms with E-state index in [0.717, 1.165) is 6.08 Å². The van der Waals surface area contributed by atoms with Gasteiger partial charge in [0.1, 0.15) is 12.8 Å². The number of hydrogen-bond acceptors (Lipinski definition) is 6. The van der Waals surface area contributed by atoms with Gasteiger partial charge in [-0.3, -0.25) is 19.5 Å².